The van der Waals surface area contributed by atoms with E-state index in [4.69, 9.17) is 4.74 Å². The fraction of sp³-hybridized carbons (Fsp3) is 0.172. The minimum atomic E-state index is -0.324. The van der Waals surface area contributed by atoms with Crippen molar-refractivity contribution in [2.75, 3.05) is 38.2 Å². The van der Waals surface area contributed by atoms with Gasteiger partial charge >= 0.3 is 0 Å². The van der Waals surface area contributed by atoms with Gasteiger partial charge in [-0.25, -0.2) is 0 Å². The molecule has 0 spiro atoms. The number of hydrogen-bond acceptors (Lipinski definition) is 4. The highest BCUT2D eigenvalue weighted by atomic mass is 16.5. The SMILES string of the molecule is COc1ccc2[nH]cc(C=C(NC(=O)c3ccccc3)C(=O)N3CCN(c4ccccc4)CC3)c2c1. The van der Waals surface area contributed by atoms with Crippen LogP contribution in [0.4, 0.5) is 5.69 Å². The van der Waals surface area contributed by atoms with Gasteiger partial charge in [-0.2, -0.15) is 0 Å². The summed E-state index contributed by atoms with van der Waals surface area (Å²) in [5, 5.41) is 3.78. The van der Waals surface area contributed by atoms with Crippen LogP contribution in [0, 0.1) is 0 Å². The van der Waals surface area contributed by atoms with Gasteiger partial charge < -0.3 is 24.8 Å². The summed E-state index contributed by atoms with van der Waals surface area (Å²) in [6.45, 7) is 2.57. The topological polar surface area (TPSA) is 77.7 Å². The number of methoxy groups -OCH3 is 1. The third-order valence-electron chi connectivity index (χ3n) is 6.42. The monoisotopic (exact) mass is 480 g/mol. The molecule has 0 unspecified atom stereocenters. The number of amides is 2. The van der Waals surface area contributed by atoms with Crippen LogP contribution < -0.4 is 15.0 Å². The number of anilines is 1. The molecule has 7 nitrogen and oxygen atoms in total. The van der Waals surface area contributed by atoms with E-state index >= 15 is 0 Å². The Morgan fingerprint density at radius 3 is 2.31 bits per heavy atom. The molecule has 1 aromatic heterocycles. The first-order valence-electron chi connectivity index (χ1n) is 11.9. The summed E-state index contributed by atoms with van der Waals surface area (Å²) in [6, 6.07) is 24.8. The lowest BCUT2D eigenvalue weighted by atomic mass is 10.1. The van der Waals surface area contributed by atoms with Crippen molar-refractivity contribution in [2.24, 2.45) is 0 Å². The van der Waals surface area contributed by atoms with Crippen molar-refractivity contribution in [1.29, 1.82) is 0 Å². The molecular weight excluding hydrogens is 452 g/mol. The normalized spacial score (nSPS) is 14.1. The summed E-state index contributed by atoms with van der Waals surface area (Å²) < 4.78 is 5.38. The van der Waals surface area contributed by atoms with Crippen LogP contribution in [0.15, 0.2) is 90.8 Å². The Morgan fingerprint density at radius 2 is 1.61 bits per heavy atom. The maximum Gasteiger partial charge on any atom is 0.270 e. The third-order valence-corrected chi connectivity index (χ3v) is 6.42. The Hall–Kier alpha value is -4.52. The van der Waals surface area contributed by atoms with Crippen molar-refractivity contribution in [3.05, 3.63) is 102 Å². The van der Waals surface area contributed by atoms with E-state index in [-0.39, 0.29) is 17.5 Å². The predicted octanol–water partition coefficient (Wildman–Crippen LogP) is 4.30. The number of fused-ring (bicyclic) bond motifs is 1. The number of aromatic amines is 1. The lowest BCUT2D eigenvalue weighted by Gasteiger charge is -2.36. The molecule has 0 saturated carbocycles. The molecule has 1 fully saturated rings. The van der Waals surface area contributed by atoms with Gasteiger partial charge in [0.25, 0.3) is 11.8 Å². The van der Waals surface area contributed by atoms with Crippen LogP contribution in [-0.2, 0) is 4.79 Å². The number of aromatic nitrogens is 1. The number of piperazine rings is 1. The van der Waals surface area contributed by atoms with Gasteiger partial charge in [0.15, 0.2) is 0 Å². The maximum absolute atomic E-state index is 13.7. The second-order valence-electron chi connectivity index (χ2n) is 8.65. The van der Waals surface area contributed by atoms with E-state index in [1.54, 1.807) is 42.4 Å². The van der Waals surface area contributed by atoms with Gasteiger partial charge in [0.2, 0.25) is 0 Å². The lowest BCUT2D eigenvalue weighted by molar-refractivity contribution is -0.127. The first-order valence-corrected chi connectivity index (χ1v) is 11.9. The molecule has 0 atom stereocenters. The molecule has 3 aromatic carbocycles. The maximum atomic E-state index is 13.7. The molecular formula is C29H28N4O3. The first kappa shape index (κ1) is 23.2. The highest BCUT2D eigenvalue weighted by molar-refractivity contribution is 6.06. The Balaban J connectivity index is 1.42. The molecule has 1 aliphatic rings. The number of para-hydroxylation sites is 1. The summed E-state index contributed by atoms with van der Waals surface area (Å²) >= 11 is 0. The van der Waals surface area contributed by atoms with Gasteiger partial charge in [0.05, 0.1) is 7.11 Å². The van der Waals surface area contributed by atoms with Gasteiger partial charge in [0, 0.05) is 60.1 Å². The molecule has 0 radical (unpaired) electrons. The summed E-state index contributed by atoms with van der Waals surface area (Å²) in [5.74, 6) is 0.190. The number of carbonyl (C=O) groups excluding carboxylic acids is 2. The van der Waals surface area contributed by atoms with E-state index in [0.29, 0.717) is 18.7 Å². The van der Waals surface area contributed by atoms with Crippen LogP contribution in [0.5, 0.6) is 5.75 Å². The minimum Gasteiger partial charge on any atom is -0.497 e. The van der Waals surface area contributed by atoms with Gasteiger partial charge in [-0.05, 0) is 48.5 Å². The molecule has 0 aliphatic carbocycles. The summed E-state index contributed by atoms with van der Waals surface area (Å²) in [7, 11) is 1.62. The van der Waals surface area contributed by atoms with Crippen molar-refractivity contribution in [2.45, 2.75) is 0 Å². The largest absolute Gasteiger partial charge is 0.497 e. The molecule has 36 heavy (non-hydrogen) atoms. The van der Waals surface area contributed by atoms with Gasteiger partial charge in [-0.15, -0.1) is 0 Å². The van der Waals surface area contributed by atoms with Crippen LogP contribution in [-0.4, -0.2) is 55.0 Å². The van der Waals surface area contributed by atoms with Gasteiger partial charge in [-0.3, -0.25) is 9.59 Å². The second-order valence-corrected chi connectivity index (χ2v) is 8.65. The molecule has 5 rings (SSSR count). The predicted molar refractivity (Wildman–Crippen MR) is 142 cm³/mol. The fourth-order valence-electron chi connectivity index (χ4n) is 4.44. The van der Waals surface area contributed by atoms with Crippen molar-refractivity contribution in [3.63, 3.8) is 0 Å². The Kier molecular flexibility index (Phi) is 6.71. The van der Waals surface area contributed by atoms with E-state index in [0.717, 1.165) is 41.0 Å². The summed E-state index contributed by atoms with van der Waals surface area (Å²) in [5.41, 5.74) is 3.58. The van der Waals surface area contributed by atoms with Crippen LogP contribution in [0.3, 0.4) is 0 Å². The van der Waals surface area contributed by atoms with Gasteiger partial charge in [-0.1, -0.05) is 36.4 Å². The Labute approximate surface area is 210 Å². The minimum absolute atomic E-state index is 0.204. The average molecular weight is 481 g/mol. The smallest absolute Gasteiger partial charge is 0.270 e. The summed E-state index contributed by atoms with van der Waals surface area (Å²) in [6.07, 6.45) is 3.57. The highest BCUT2D eigenvalue weighted by Crippen LogP contribution is 2.26. The number of H-pyrrole nitrogens is 1. The molecule has 2 N–H and O–H groups in total. The number of benzene rings is 3. The summed E-state index contributed by atoms with van der Waals surface area (Å²) in [4.78, 5) is 34.0. The molecule has 7 heteroatoms. The van der Waals surface area contributed by atoms with E-state index in [9.17, 15) is 9.59 Å². The molecule has 2 amide bonds. The molecule has 2 heterocycles. The van der Waals surface area contributed by atoms with Crippen LogP contribution in [0.2, 0.25) is 0 Å². The quantitative estimate of drug-likeness (QED) is 0.404. The van der Waals surface area contributed by atoms with Crippen LogP contribution >= 0.6 is 0 Å². The third kappa shape index (κ3) is 4.95. The van der Waals surface area contributed by atoms with E-state index in [2.05, 4.69) is 27.3 Å². The van der Waals surface area contributed by atoms with Crippen molar-refractivity contribution < 1.29 is 14.3 Å². The number of ether oxygens (including phenoxy) is 1. The molecule has 4 aromatic rings. The van der Waals surface area contributed by atoms with Crippen LogP contribution in [0.25, 0.3) is 17.0 Å². The van der Waals surface area contributed by atoms with E-state index < -0.39 is 0 Å². The molecule has 1 aliphatic heterocycles. The fourth-order valence-corrected chi connectivity index (χ4v) is 4.44. The van der Waals surface area contributed by atoms with E-state index in [1.165, 1.54) is 0 Å². The average Bonchev–Trinajstić information content (AvgIpc) is 3.35. The molecule has 1 saturated heterocycles. The zero-order valence-electron chi connectivity index (χ0n) is 20.1. The van der Waals surface area contributed by atoms with Crippen LogP contribution in [0.1, 0.15) is 15.9 Å². The highest BCUT2D eigenvalue weighted by Gasteiger charge is 2.25. The lowest BCUT2D eigenvalue weighted by Crippen LogP contribution is -2.50. The zero-order valence-corrected chi connectivity index (χ0v) is 20.1. The molecule has 0 bridgehead atoms. The molecule has 182 valence electrons. The number of carbonyl (C=O) groups is 2. The second kappa shape index (κ2) is 10.4. The van der Waals surface area contributed by atoms with Crippen molar-refractivity contribution >= 4 is 34.5 Å². The number of rotatable bonds is 6. The number of nitrogens with zero attached hydrogens (tertiary/aromatic N) is 2. The standard InChI is InChI=1S/C29H28N4O3/c1-36-24-12-13-26-25(19-24)22(20-30-26)18-27(31-28(34)21-8-4-2-5-9-21)29(35)33-16-14-32(15-17-33)23-10-6-3-7-11-23/h2-13,18-20,30H,14-17H2,1H3,(H,31,34). The number of hydrogen-bond donors (Lipinski definition) is 2. The van der Waals surface area contributed by atoms with Crippen molar-refractivity contribution in [3.8, 4) is 5.75 Å². The Bertz CT molecular complexity index is 1390. The van der Waals surface area contributed by atoms with E-state index in [1.807, 2.05) is 48.7 Å². The zero-order chi connectivity index (χ0) is 24.9. The number of nitrogens with one attached hydrogen (secondary N) is 2. The van der Waals surface area contributed by atoms with Gasteiger partial charge in [0.1, 0.15) is 11.4 Å². The van der Waals surface area contributed by atoms with Crippen molar-refractivity contribution in [1.82, 2.24) is 15.2 Å². The first-order chi connectivity index (χ1) is 17.6. The Morgan fingerprint density at radius 1 is 0.917 bits per heavy atom.